The lowest BCUT2D eigenvalue weighted by atomic mass is 10.1. The van der Waals surface area contributed by atoms with Crippen LogP contribution in [0, 0.1) is 20.2 Å². The van der Waals surface area contributed by atoms with Crippen molar-refractivity contribution in [2.24, 2.45) is 0 Å². The van der Waals surface area contributed by atoms with E-state index >= 15 is 0 Å². The van der Waals surface area contributed by atoms with Gasteiger partial charge in [-0.15, -0.1) is 0 Å². The quantitative estimate of drug-likeness (QED) is 0.472. The number of fused-ring (bicyclic) bond motifs is 2. The first-order chi connectivity index (χ1) is 10.9. The van der Waals surface area contributed by atoms with Gasteiger partial charge < -0.3 is 4.74 Å². The predicted molar refractivity (Wildman–Crippen MR) is 85.2 cm³/mol. The van der Waals surface area contributed by atoms with Crippen molar-refractivity contribution in [2.75, 3.05) is 0 Å². The van der Waals surface area contributed by atoms with Gasteiger partial charge in [0.15, 0.2) is 5.75 Å². The number of nitro groups is 2. The zero-order chi connectivity index (χ0) is 16.7. The molecule has 0 N–H and O–H groups in total. The van der Waals surface area contributed by atoms with E-state index in [1.54, 1.807) is 12.1 Å². The average molecular weight is 353 g/mol. The Kier molecular flexibility index (Phi) is 3.67. The second-order valence-electron chi connectivity index (χ2n) is 4.63. The number of nitro benzene ring substituents is 2. The number of ether oxygens (including phenoxy) is 1. The highest BCUT2D eigenvalue weighted by Gasteiger charge is 2.26. The summed E-state index contributed by atoms with van der Waals surface area (Å²) in [5.41, 5.74) is -0.252. The van der Waals surface area contributed by atoms with E-state index in [0.29, 0.717) is 10.6 Å². The lowest BCUT2D eigenvalue weighted by molar-refractivity contribution is -0.394. The number of halogens is 2. The molecule has 1 heterocycles. The van der Waals surface area contributed by atoms with Crippen LogP contribution in [0.1, 0.15) is 11.1 Å². The SMILES string of the molecule is O=[N+]([O-])c1cc2c(c([N+](=O)[O-])c1)C=Cc1cc(Cl)cc(Cl)c1O2. The smallest absolute Gasteiger partial charge is 0.287 e. The van der Waals surface area contributed by atoms with Gasteiger partial charge in [0.1, 0.15) is 5.75 Å². The zero-order valence-electron chi connectivity index (χ0n) is 11.2. The van der Waals surface area contributed by atoms with Crippen LogP contribution in [0.2, 0.25) is 10.0 Å². The van der Waals surface area contributed by atoms with Crippen molar-refractivity contribution in [1.29, 1.82) is 0 Å². The molecule has 0 spiro atoms. The third-order valence-electron chi connectivity index (χ3n) is 3.19. The number of rotatable bonds is 2. The fourth-order valence-electron chi connectivity index (χ4n) is 2.20. The summed E-state index contributed by atoms with van der Waals surface area (Å²) in [5.74, 6) is 0.200. The second-order valence-corrected chi connectivity index (χ2v) is 5.48. The van der Waals surface area contributed by atoms with Gasteiger partial charge >= 0.3 is 0 Å². The van der Waals surface area contributed by atoms with E-state index in [2.05, 4.69) is 0 Å². The van der Waals surface area contributed by atoms with E-state index in [4.69, 9.17) is 27.9 Å². The van der Waals surface area contributed by atoms with Gasteiger partial charge in [-0.25, -0.2) is 0 Å². The molecule has 116 valence electrons. The molecule has 0 bridgehead atoms. The third kappa shape index (κ3) is 2.71. The summed E-state index contributed by atoms with van der Waals surface area (Å²) < 4.78 is 5.61. The molecular formula is C14H6Cl2N2O5. The van der Waals surface area contributed by atoms with Crippen molar-refractivity contribution in [3.63, 3.8) is 0 Å². The molecule has 0 atom stereocenters. The van der Waals surface area contributed by atoms with Crippen LogP contribution in [0.15, 0.2) is 24.3 Å². The van der Waals surface area contributed by atoms with Gasteiger partial charge in [0.25, 0.3) is 11.4 Å². The van der Waals surface area contributed by atoms with Gasteiger partial charge in [-0.1, -0.05) is 29.3 Å². The minimum atomic E-state index is -0.727. The summed E-state index contributed by atoms with van der Waals surface area (Å²) in [6, 6.07) is 5.03. The number of hydrogen-bond donors (Lipinski definition) is 0. The Balaban J connectivity index is 2.27. The highest BCUT2D eigenvalue weighted by molar-refractivity contribution is 6.36. The number of non-ortho nitro benzene ring substituents is 1. The lowest BCUT2D eigenvalue weighted by Crippen LogP contribution is -1.98. The lowest BCUT2D eigenvalue weighted by Gasteiger charge is -2.11. The first kappa shape index (κ1) is 15.3. The molecule has 1 aliphatic rings. The summed E-state index contributed by atoms with van der Waals surface area (Å²) in [4.78, 5) is 20.7. The highest BCUT2D eigenvalue weighted by atomic mass is 35.5. The van der Waals surface area contributed by atoms with E-state index in [1.807, 2.05) is 0 Å². The monoisotopic (exact) mass is 352 g/mol. The zero-order valence-corrected chi connectivity index (χ0v) is 12.7. The van der Waals surface area contributed by atoms with Crippen molar-refractivity contribution in [3.8, 4) is 11.5 Å². The molecule has 0 aromatic heterocycles. The fraction of sp³-hybridized carbons (Fsp3) is 0. The normalized spacial score (nSPS) is 11.9. The van der Waals surface area contributed by atoms with E-state index in [-0.39, 0.29) is 22.1 Å². The Hall–Kier alpha value is -2.64. The number of nitrogens with zero attached hydrogens (tertiary/aromatic N) is 2. The maximum absolute atomic E-state index is 11.2. The van der Waals surface area contributed by atoms with Crippen LogP contribution in [0.4, 0.5) is 11.4 Å². The van der Waals surface area contributed by atoms with Crippen molar-refractivity contribution in [3.05, 3.63) is 65.7 Å². The predicted octanol–water partition coefficient (Wildman–Crippen LogP) is 5.09. The van der Waals surface area contributed by atoms with Gasteiger partial charge in [0.05, 0.1) is 32.6 Å². The molecule has 3 rings (SSSR count). The molecule has 0 saturated heterocycles. The van der Waals surface area contributed by atoms with Crippen LogP contribution in [-0.4, -0.2) is 9.85 Å². The molecule has 1 aliphatic heterocycles. The third-order valence-corrected chi connectivity index (χ3v) is 3.69. The summed E-state index contributed by atoms with van der Waals surface area (Å²) in [7, 11) is 0. The maximum atomic E-state index is 11.2. The van der Waals surface area contributed by atoms with Crippen molar-refractivity contribution in [1.82, 2.24) is 0 Å². The molecule has 2 aromatic rings. The first-order valence-corrected chi connectivity index (χ1v) is 6.94. The summed E-state index contributed by atoms with van der Waals surface area (Å²) >= 11 is 12.0. The van der Waals surface area contributed by atoms with Gasteiger partial charge in [0, 0.05) is 10.6 Å². The molecule has 0 radical (unpaired) electrons. The van der Waals surface area contributed by atoms with Crippen LogP contribution >= 0.6 is 23.2 Å². The van der Waals surface area contributed by atoms with Crippen LogP contribution < -0.4 is 4.74 Å². The van der Waals surface area contributed by atoms with Crippen molar-refractivity contribution >= 4 is 46.7 Å². The Morgan fingerprint density at radius 1 is 0.957 bits per heavy atom. The second kappa shape index (κ2) is 5.53. The van der Waals surface area contributed by atoms with E-state index in [9.17, 15) is 20.2 Å². The van der Waals surface area contributed by atoms with Crippen LogP contribution in [0.3, 0.4) is 0 Å². The molecule has 0 saturated carbocycles. The van der Waals surface area contributed by atoms with E-state index in [0.717, 1.165) is 12.1 Å². The Bertz CT molecular complexity index is 895. The molecule has 9 heteroatoms. The number of benzene rings is 2. The molecule has 0 unspecified atom stereocenters. The maximum Gasteiger partial charge on any atom is 0.287 e. The van der Waals surface area contributed by atoms with Gasteiger partial charge in [-0.3, -0.25) is 20.2 Å². The van der Waals surface area contributed by atoms with Gasteiger partial charge in [-0.2, -0.15) is 0 Å². The molecular weight excluding hydrogens is 347 g/mol. The minimum Gasteiger partial charge on any atom is -0.454 e. The molecule has 23 heavy (non-hydrogen) atoms. The molecule has 7 nitrogen and oxygen atoms in total. The topological polar surface area (TPSA) is 95.5 Å². The molecule has 0 aliphatic carbocycles. The minimum absolute atomic E-state index is 0.0230. The van der Waals surface area contributed by atoms with Crippen LogP contribution in [-0.2, 0) is 0 Å². The summed E-state index contributed by atoms with van der Waals surface area (Å²) in [6.45, 7) is 0. The Morgan fingerprint density at radius 2 is 1.70 bits per heavy atom. The van der Waals surface area contributed by atoms with Crippen molar-refractivity contribution in [2.45, 2.75) is 0 Å². The van der Waals surface area contributed by atoms with Crippen LogP contribution in [0.25, 0.3) is 12.2 Å². The van der Waals surface area contributed by atoms with Gasteiger partial charge in [-0.05, 0) is 18.2 Å². The van der Waals surface area contributed by atoms with Crippen molar-refractivity contribution < 1.29 is 14.6 Å². The largest absolute Gasteiger partial charge is 0.454 e. The average Bonchev–Trinajstić information content (AvgIpc) is 2.65. The number of hydrogen-bond acceptors (Lipinski definition) is 5. The van der Waals surface area contributed by atoms with E-state index < -0.39 is 21.2 Å². The molecule has 2 aromatic carbocycles. The van der Waals surface area contributed by atoms with Gasteiger partial charge in [0.2, 0.25) is 0 Å². The first-order valence-electron chi connectivity index (χ1n) is 6.18. The Morgan fingerprint density at radius 3 is 2.35 bits per heavy atom. The fourth-order valence-corrected chi connectivity index (χ4v) is 2.75. The molecule has 0 fully saturated rings. The van der Waals surface area contributed by atoms with E-state index in [1.165, 1.54) is 12.1 Å². The Labute approximate surface area is 139 Å². The van der Waals surface area contributed by atoms with Crippen LogP contribution in [0.5, 0.6) is 11.5 Å². The molecule has 0 amide bonds. The summed E-state index contributed by atoms with van der Waals surface area (Å²) in [6.07, 6.45) is 2.99. The highest BCUT2D eigenvalue weighted by Crippen LogP contribution is 2.44. The summed E-state index contributed by atoms with van der Waals surface area (Å²) in [5, 5.41) is 22.7. The standard InChI is InChI=1S/C14H6Cl2N2O5/c15-8-3-7-1-2-10-12(18(21)22)5-9(17(19)20)6-13(10)23-14(7)11(16)4-8/h1-6H.